The quantitative estimate of drug-likeness (QED) is 0.633. The zero-order chi connectivity index (χ0) is 17.8. The number of hydrogen-bond donors (Lipinski definition) is 1. The van der Waals surface area contributed by atoms with E-state index < -0.39 is 5.97 Å². The topological polar surface area (TPSA) is 94.9 Å². The third-order valence-corrected chi connectivity index (χ3v) is 3.91. The SMILES string of the molecule is CCOC(=O)c1n[nH]nc1-c1ccc(OC)c(Cn2cc(Br)cn2)c1. The van der Waals surface area contributed by atoms with Crippen LogP contribution in [0.15, 0.2) is 35.1 Å². The van der Waals surface area contributed by atoms with Crippen LogP contribution in [0.1, 0.15) is 23.0 Å². The van der Waals surface area contributed by atoms with Crippen molar-refractivity contribution in [2.75, 3.05) is 13.7 Å². The van der Waals surface area contributed by atoms with Crippen molar-refractivity contribution in [1.82, 2.24) is 25.2 Å². The Morgan fingerprint density at radius 2 is 2.20 bits per heavy atom. The third kappa shape index (κ3) is 3.71. The minimum atomic E-state index is -0.514. The minimum absolute atomic E-state index is 0.153. The Morgan fingerprint density at radius 1 is 1.36 bits per heavy atom. The Morgan fingerprint density at radius 3 is 2.88 bits per heavy atom. The van der Waals surface area contributed by atoms with Crippen LogP contribution in [0.2, 0.25) is 0 Å². The highest BCUT2D eigenvalue weighted by molar-refractivity contribution is 9.10. The van der Waals surface area contributed by atoms with E-state index in [0.29, 0.717) is 12.2 Å². The summed E-state index contributed by atoms with van der Waals surface area (Å²) in [7, 11) is 1.61. The predicted octanol–water partition coefficient (Wildman–Crippen LogP) is 2.66. The van der Waals surface area contributed by atoms with Crippen molar-refractivity contribution in [2.45, 2.75) is 13.5 Å². The smallest absolute Gasteiger partial charge is 0.361 e. The molecule has 0 saturated heterocycles. The van der Waals surface area contributed by atoms with E-state index in [-0.39, 0.29) is 12.3 Å². The molecule has 0 aliphatic carbocycles. The van der Waals surface area contributed by atoms with E-state index >= 15 is 0 Å². The van der Waals surface area contributed by atoms with Crippen molar-refractivity contribution >= 4 is 21.9 Å². The van der Waals surface area contributed by atoms with E-state index in [0.717, 1.165) is 21.3 Å². The molecule has 9 heteroatoms. The Labute approximate surface area is 152 Å². The number of ether oxygens (including phenoxy) is 2. The average Bonchev–Trinajstić information content (AvgIpc) is 3.24. The van der Waals surface area contributed by atoms with Crippen molar-refractivity contribution in [3.05, 3.63) is 46.3 Å². The lowest BCUT2D eigenvalue weighted by Crippen LogP contribution is -2.07. The van der Waals surface area contributed by atoms with Crippen molar-refractivity contribution < 1.29 is 14.3 Å². The molecule has 130 valence electrons. The molecule has 0 atom stereocenters. The number of rotatable bonds is 6. The summed E-state index contributed by atoms with van der Waals surface area (Å²) in [6, 6.07) is 5.55. The lowest BCUT2D eigenvalue weighted by atomic mass is 10.1. The lowest BCUT2D eigenvalue weighted by Gasteiger charge is -2.10. The van der Waals surface area contributed by atoms with Gasteiger partial charge in [-0.15, -0.1) is 5.10 Å². The van der Waals surface area contributed by atoms with Crippen LogP contribution in [0.3, 0.4) is 0 Å². The maximum atomic E-state index is 12.0. The van der Waals surface area contributed by atoms with Crippen LogP contribution in [-0.2, 0) is 11.3 Å². The number of halogens is 1. The van der Waals surface area contributed by atoms with Crippen molar-refractivity contribution in [2.24, 2.45) is 0 Å². The minimum Gasteiger partial charge on any atom is -0.496 e. The number of methoxy groups -OCH3 is 1. The molecule has 0 fully saturated rings. The van der Waals surface area contributed by atoms with Crippen LogP contribution in [0.5, 0.6) is 5.75 Å². The first kappa shape index (κ1) is 17.2. The Balaban J connectivity index is 1.97. The summed E-state index contributed by atoms with van der Waals surface area (Å²) in [4.78, 5) is 12.0. The number of aromatic amines is 1. The molecule has 0 amide bonds. The number of nitrogens with one attached hydrogen (secondary N) is 1. The highest BCUT2D eigenvalue weighted by Gasteiger charge is 2.20. The van der Waals surface area contributed by atoms with E-state index in [9.17, 15) is 4.79 Å². The second-order valence-corrected chi connectivity index (χ2v) is 6.04. The standard InChI is InChI=1S/C16H16BrN5O3/c1-3-25-16(23)15-14(19-21-20-15)10-4-5-13(24-2)11(6-10)8-22-9-12(17)7-18-22/h4-7,9H,3,8H2,1-2H3,(H,19,20,21). The van der Waals surface area contributed by atoms with Gasteiger partial charge in [0.1, 0.15) is 11.4 Å². The van der Waals surface area contributed by atoms with Gasteiger partial charge in [-0.25, -0.2) is 4.79 Å². The normalized spacial score (nSPS) is 10.7. The molecule has 1 aromatic carbocycles. The van der Waals surface area contributed by atoms with Crippen molar-refractivity contribution in [3.8, 4) is 17.0 Å². The summed E-state index contributed by atoms with van der Waals surface area (Å²) in [5.41, 5.74) is 2.22. The van der Waals surface area contributed by atoms with Crippen LogP contribution < -0.4 is 4.74 Å². The van der Waals surface area contributed by atoms with Crippen molar-refractivity contribution in [1.29, 1.82) is 0 Å². The summed E-state index contributed by atoms with van der Waals surface area (Å²) in [5, 5.41) is 14.7. The zero-order valence-electron chi connectivity index (χ0n) is 13.7. The first-order chi connectivity index (χ1) is 12.1. The number of benzene rings is 1. The van der Waals surface area contributed by atoms with E-state index in [1.165, 1.54) is 0 Å². The van der Waals surface area contributed by atoms with Gasteiger partial charge in [-0.05, 0) is 41.1 Å². The van der Waals surface area contributed by atoms with Gasteiger partial charge in [0.15, 0.2) is 5.69 Å². The lowest BCUT2D eigenvalue weighted by molar-refractivity contribution is 0.0520. The number of esters is 1. The number of carbonyl (C=O) groups excluding carboxylic acids is 1. The number of H-pyrrole nitrogens is 1. The highest BCUT2D eigenvalue weighted by atomic mass is 79.9. The average molecular weight is 406 g/mol. The molecule has 2 aromatic heterocycles. The summed E-state index contributed by atoms with van der Waals surface area (Å²) < 4.78 is 13.1. The Kier molecular flexibility index (Phi) is 5.13. The van der Waals surface area contributed by atoms with Crippen LogP contribution in [-0.4, -0.2) is 44.9 Å². The van der Waals surface area contributed by atoms with Crippen LogP contribution in [0, 0.1) is 0 Å². The number of carbonyl (C=O) groups is 1. The fourth-order valence-electron chi connectivity index (χ4n) is 2.42. The van der Waals surface area contributed by atoms with E-state index in [4.69, 9.17) is 9.47 Å². The molecule has 0 unspecified atom stereocenters. The second-order valence-electron chi connectivity index (χ2n) is 5.12. The molecule has 0 aliphatic rings. The maximum Gasteiger partial charge on any atom is 0.361 e. The molecule has 0 spiro atoms. The first-order valence-electron chi connectivity index (χ1n) is 7.55. The molecule has 3 aromatic rings. The molecule has 1 N–H and O–H groups in total. The molecule has 0 saturated carbocycles. The van der Waals surface area contributed by atoms with Crippen molar-refractivity contribution in [3.63, 3.8) is 0 Å². The first-order valence-corrected chi connectivity index (χ1v) is 8.34. The second kappa shape index (κ2) is 7.47. The van der Waals surface area contributed by atoms with Gasteiger partial charge >= 0.3 is 5.97 Å². The third-order valence-electron chi connectivity index (χ3n) is 3.50. The van der Waals surface area contributed by atoms with Gasteiger partial charge in [0.05, 0.1) is 30.9 Å². The predicted molar refractivity (Wildman–Crippen MR) is 93.4 cm³/mol. The van der Waals surface area contributed by atoms with Crippen LogP contribution in [0.25, 0.3) is 11.3 Å². The van der Waals surface area contributed by atoms with Gasteiger partial charge < -0.3 is 9.47 Å². The van der Waals surface area contributed by atoms with E-state index in [1.54, 1.807) is 24.9 Å². The molecule has 8 nitrogen and oxygen atoms in total. The van der Waals surface area contributed by atoms with Gasteiger partial charge in [0.2, 0.25) is 0 Å². The Bertz CT molecular complexity index is 890. The molecule has 0 aliphatic heterocycles. The molecular formula is C16H16BrN5O3. The number of nitrogens with zero attached hydrogens (tertiary/aromatic N) is 4. The summed E-state index contributed by atoms with van der Waals surface area (Å²) >= 11 is 3.38. The molecule has 2 heterocycles. The number of hydrogen-bond acceptors (Lipinski definition) is 6. The van der Waals surface area contributed by atoms with E-state index in [1.807, 2.05) is 24.4 Å². The fraction of sp³-hybridized carbons (Fsp3) is 0.250. The maximum absolute atomic E-state index is 12.0. The van der Waals surface area contributed by atoms with Gasteiger partial charge in [0.25, 0.3) is 0 Å². The number of aromatic nitrogens is 5. The zero-order valence-corrected chi connectivity index (χ0v) is 15.3. The van der Waals surface area contributed by atoms with Gasteiger partial charge in [-0.1, -0.05) is 0 Å². The molecular weight excluding hydrogens is 390 g/mol. The van der Waals surface area contributed by atoms with Gasteiger partial charge in [-0.3, -0.25) is 4.68 Å². The molecule has 25 heavy (non-hydrogen) atoms. The summed E-state index contributed by atoms with van der Waals surface area (Å²) in [5.74, 6) is 0.205. The molecule has 0 radical (unpaired) electrons. The Hall–Kier alpha value is -2.68. The van der Waals surface area contributed by atoms with Gasteiger partial charge in [0, 0.05) is 17.3 Å². The fourth-order valence-corrected chi connectivity index (χ4v) is 2.75. The monoisotopic (exact) mass is 405 g/mol. The summed E-state index contributed by atoms with van der Waals surface area (Å²) in [6.45, 7) is 2.52. The largest absolute Gasteiger partial charge is 0.496 e. The van der Waals surface area contributed by atoms with Gasteiger partial charge in [-0.2, -0.15) is 15.4 Å². The van der Waals surface area contributed by atoms with Crippen LogP contribution in [0.4, 0.5) is 0 Å². The van der Waals surface area contributed by atoms with Crippen LogP contribution >= 0.6 is 15.9 Å². The highest BCUT2D eigenvalue weighted by Crippen LogP contribution is 2.28. The van der Waals surface area contributed by atoms with E-state index in [2.05, 4.69) is 36.4 Å². The molecule has 3 rings (SSSR count). The summed E-state index contributed by atoms with van der Waals surface area (Å²) in [6.07, 6.45) is 3.58. The molecule has 0 bridgehead atoms.